The molecule has 1 aliphatic carbocycles. The molecule has 9 nitrogen and oxygen atoms in total. The Morgan fingerprint density at radius 3 is 2.75 bits per heavy atom. The van der Waals surface area contributed by atoms with Gasteiger partial charge in [-0.2, -0.15) is 10.2 Å². The number of likely N-dealkylation sites (tertiary alicyclic amines) is 1. The summed E-state index contributed by atoms with van der Waals surface area (Å²) >= 11 is 0. The normalized spacial score (nSPS) is 18.6. The molecule has 0 unspecified atom stereocenters. The van der Waals surface area contributed by atoms with Crippen molar-refractivity contribution in [3.05, 3.63) is 52.6 Å². The van der Waals surface area contributed by atoms with Gasteiger partial charge in [0.25, 0.3) is 5.56 Å². The molecule has 1 aliphatic heterocycles. The lowest BCUT2D eigenvalue weighted by Gasteiger charge is -2.31. The van der Waals surface area contributed by atoms with Gasteiger partial charge in [0.05, 0.1) is 6.20 Å². The Kier molecular flexibility index (Phi) is 4.52. The van der Waals surface area contributed by atoms with Crippen LogP contribution in [0.3, 0.4) is 0 Å². The summed E-state index contributed by atoms with van der Waals surface area (Å²) in [6.07, 6.45) is 9.73. The summed E-state index contributed by atoms with van der Waals surface area (Å²) < 4.78 is 3.14. The molecule has 1 saturated carbocycles. The van der Waals surface area contributed by atoms with Crippen molar-refractivity contribution in [2.45, 2.75) is 44.7 Å². The number of rotatable bonds is 6. The van der Waals surface area contributed by atoms with E-state index in [-0.39, 0.29) is 5.56 Å². The molecule has 3 aromatic rings. The van der Waals surface area contributed by atoms with Crippen LogP contribution in [0.25, 0.3) is 5.82 Å². The first-order valence-corrected chi connectivity index (χ1v) is 9.94. The third kappa shape index (κ3) is 3.62. The summed E-state index contributed by atoms with van der Waals surface area (Å²) in [6.45, 7) is 3.69. The zero-order valence-corrected chi connectivity index (χ0v) is 15.7. The van der Waals surface area contributed by atoms with Crippen molar-refractivity contribution in [2.75, 3.05) is 13.1 Å². The van der Waals surface area contributed by atoms with Gasteiger partial charge in [-0.3, -0.25) is 14.8 Å². The number of aromatic amines is 1. The van der Waals surface area contributed by atoms with Gasteiger partial charge in [-0.1, -0.05) is 0 Å². The zero-order chi connectivity index (χ0) is 18.9. The Hall–Kier alpha value is -2.81. The van der Waals surface area contributed by atoms with Crippen LogP contribution in [0.15, 0.2) is 35.8 Å². The fourth-order valence-corrected chi connectivity index (χ4v) is 4.00. The molecule has 0 atom stereocenters. The molecular formula is C19H24N8O. The molecule has 5 rings (SSSR count). The molecule has 3 aromatic heterocycles. The van der Waals surface area contributed by atoms with Crippen molar-refractivity contribution in [1.82, 2.24) is 39.6 Å². The standard InChI is InChI=1S/C19H24N8O/c28-18-4-3-17(27-13-20-12-22-27)24-26(18)10-14-5-7-25(8-6-14)11-16-9-21-23-19(16)15-1-2-15/h3-4,9,12-15H,1-2,5-8,10-11H2,(H,21,23). The maximum atomic E-state index is 12.2. The molecule has 4 heterocycles. The van der Waals surface area contributed by atoms with E-state index in [0.717, 1.165) is 32.5 Å². The highest BCUT2D eigenvalue weighted by molar-refractivity contribution is 5.24. The average Bonchev–Trinajstić information content (AvgIpc) is 3.21. The highest BCUT2D eigenvalue weighted by atomic mass is 16.1. The van der Waals surface area contributed by atoms with E-state index in [2.05, 4.69) is 30.3 Å². The molecule has 0 amide bonds. The minimum atomic E-state index is -0.0706. The van der Waals surface area contributed by atoms with Crippen molar-refractivity contribution < 1.29 is 0 Å². The van der Waals surface area contributed by atoms with Gasteiger partial charge >= 0.3 is 0 Å². The molecule has 0 bridgehead atoms. The van der Waals surface area contributed by atoms with Crippen LogP contribution >= 0.6 is 0 Å². The Labute approximate surface area is 162 Å². The Bertz CT molecular complexity index is 980. The monoisotopic (exact) mass is 380 g/mol. The predicted octanol–water partition coefficient (Wildman–Crippen LogP) is 1.34. The number of nitrogens with one attached hydrogen (secondary N) is 1. The van der Waals surface area contributed by atoms with Crippen LogP contribution in [0, 0.1) is 5.92 Å². The minimum Gasteiger partial charge on any atom is -0.299 e. The van der Waals surface area contributed by atoms with E-state index in [4.69, 9.17) is 0 Å². The molecule has 0 spiro atoms. The lowest BCUT2D eigenvalue weighted by molar-refractivity contribution is 0.163. The second-order valence-corrected chi connectivity index (χ2v) is 7.85. The maximum absolute atomic E-state index is 12.2. The van der Waals surface area contributed by atoms with E-state index >= 15 is 0 Å². The van der Waals surface area contributed by atoms with Crippen molar-refractivity contribution in [1.29, 1.82) is 0 Å². The average molecular weight is 380 g/mol. The SMILES string of the molecule is O=c1ccc(-n2cncn2)nn1CC1CCN(Cc2cn[nH]c2C2CC2)CC1. The van der Waals surface area contributed by atoms with E-state index in [9.17, 15) is 4.79 Å². The zero-order valence-electron chi connectivity index (χ0n) is 15.7. The molecule has 9 heteroatoms. The van der Waals surface area contributed by atoms with E-state index in [0.29, 0.717) is 24.2 Å². The van der Waals surface area contributed by atoms with Crippen LogP contribution < -0.4 is 5.56 Å². The number of aromatic nitrogens is 7. The second kappa shape index (κ2) is 7.31. The van der Waals surface area contributed by atoms with E-state index < -0.39 is 0 Å². The van der Waals surface area contributed by atoms with Crippen LogP contribution in [0.4, 0.5) is 0 Å². The van der Waals surface area contributed by atoms with Crippen molar-refractivity contribution in [2.24, 2.45) is 5.92 Å². The van der Waals surface area contributed by atoms with Gasteiger partial charge in [0.15, 0.2) is 5.82 Å². The summed E-state index contributed by atoms with van der Waals surface area (Å²) in [5.74, 6) is 1.77. The Balaban J connectivity index is 1.20. The summed E-state index contributed by atoms with van der Waals surface area (Å²) in [6, 6.07) is 3.23. The molecule has 0 radical (unpaired) electrons. The van der Waals surface area contributed by atoms with Gasteiger partial charge in [0.2, 0.25) is 0 Å². The lowest BCUT2D eigenvalue weighted by atomic mass is 9.96. The number of hydrogen-bond acceptors (Lipinski definition) is 6. The summed E-state index contributed by atoms with van der Waals surface area (Å²) in [5, 5.41) is 16.0. The van der Waals surface area contributed by atoms with Gasteiger partial charge in [0.1, 0.15) is 12.7 Å². The first-order chi connectivity index (χ1) is 13.8. The predicted molar refractivity (Wildman–Crippen MR) is 102 cm³/mol. The van der Waals surface area contributed by atoms with Crippen molar-refractivity contribution in [3.8, 4) is 5.82 Å². The smallest absolute Gasteiger partial charge is 0.266 e. The fourth-order valence-electron chi connectivity index (χ4n) is 4.00. The van der Waals surface area contributed by atoms with E-state index in [1.807, 2.05) is 6.20 Å². The molecule has 0 aromatic carbocycles. The highest BCUT2D eigenvalue weighted by Gasteiger charge is 2.29. The summed E-state index contributed by atoms with van der Waals surface area (Å²) in [4.78, 5) is 18.7. The van der Waals surface area contributed by atoms with Crippen molar-refractivity contribution in [3.63, 3.8) is 0 Å². The number of H-pyrrole nitrogens is 1. The molecular weight excluding hydrogens is 356 g/mol. The number of piperidine rings is 1. The first kappa shape index (κ1) is 17.3. The largest absolute Gasteiger partial charge is 0.299 e. The number of hydrogen-bond donors (Lipinski definition) is 1. The molecule has 146 valence electrons. The van der Waals surface area contributed by atoms with Crippen LogP contribution in [0.1, 0.15) is 42.9 Å². The maximum Gasteiger partial charge on any atom is 0.266 e. The minimum absolute atomic E-state index is 0.0706. The quantitative estimate of drug-likeness (QED) is 0.693. The third-order valence-corrected chi connectivity index (χ3v) is 5.78. The first-order valence-electron chi connectivity index (χ1n) is 9.94. The van der Waals surface area contributed by atoms with Gasteiger partial charge in [-0.25, -0.2) is 14.3 Å². The molecule has 2 fully saturated rings. The fraction of sp³-hybridized carbons (Fsp3) is 0.526. The molecule has 1 saturated heterocycles. The van der Waals surface area contributed by atoms with Crippen LogP contribution in [0.2, 0.25) is 0 Å². The Morgan fingerprint density at radius 2 is 2.00 bits per heavy atom. The van der Waals surface area contributed by atoms with Gasteiger partial charge in [-0.05, 0) is 50.8 Å². The Morgan fingerprint density at radius 1 is 1.14 bits per heavy atom. The third-order valence-electron chi connectivity index (χ3n) is 5.78. The summed E-state index contributed by atoms with van der Waals surface area (Å²) in [5.41, 5.74) is 2.61. The molecule has 28 heavy (non-hydrogen) atoms. The molecule has 1 N–H and O–H groups in total. The highest BCUT2D eigenvalue weighted by Crippen LogP contribution is 2.40. The van der Waals surface area contributed by atoms with Gasteiger partial charge in [-0.15, -0.1) is 5.10 Å². The van der Waals surface area contributed by atoms with E-state index in [1.54, 1.807) is 27.8 Å². The topological polar surface area (TPSA) is 97.5 Å². The number of nitrogens with zero attached hydrogens (tertiary/aromatic N) is 7. The summed E-state index contributed by atoms with van der Waals surface area (Å²) in [7, 11) is 0. The lowest BCUT2D eigenvalue weighted by Crippen LogP contribution is -2.36. The van der Waals surface area contributed by atoms with Crippen LogP contribution in [-0.4, -0.2) is 52.7 Å². The van der Waals surface area contributed by atoms with E-state index in [1.165, 1.54) is 30.4 Å². The van der Waals surface area contributed by atoms with Gasteiger partial charge in [0, 0.05) is 36.3 Å². The van der Waals surface area contributed by atoms with Crippen LogP contribution in [-0.2, 0) is 13.1 Å². The van der Waals surface area contributed by atoms with Crippen LogP contribution in [0.5, 0.6) is 0 Å². The second-order valence-electron chi connectivity index (χ2n) is 7.85. The van der Waals surface area contributed by atoms with Gasteiger partial charge < -0.3 is 0 Å². The molecule has 2 aliphatic rings. The van der Waals surface area contributed by atoms with Crippen molar-refractivity contribution >= 4 is 0 Å².